The molecular weight excluding hydrogens is 203 g/mol. The highest BCUT2D eigenvalue weighted by molar-refractivity contribution is 7.33. The normalized spacial score (nSPS) is 12.0. The topological polar surface area (TPSA) is 55.8 Å². The molecule has 0 amide bonds. The average Bonchev–Trinajstić information content (AvgIpc) is 2.18. The molecule has 0 aromatic heterocycles. The van der Waals surface area contributed by atoms with Crippen molar-refractivity contribution in [2.75, 3.05) is 6.61 Å². The van der Waals surface area contributed by atoms with E-state index in [0.29, 0.717) is 5.75 Å². The van der Waals surface area contributed by atoms with Gasteiger partial charge in [0.2, 0.25) is 0 Å². The molecule has 1 aromatic rings. The van der Waals surface area contributed by atoms with Crippen molar-refractivity contribution >= 4 is 8.25 Å². The Hall–Kier alpha value is -1.25. The monoisotopic (exact) mass is 214 g/mol. The molecule has 1 N–H and O–H groups in total. The van der Waals surface area contributed by atoms with E-state index in [2.05, 4.69) is 6.58 Å². The van der Waals surface area contributed by atoms with E-state index in [-0.39, 0.29) is 12.4 Å². The van der Waals surface area contributed by atoms with Crippen molar-refractivity contribution < 1.29 is 18.7 Å². The van der Waals surface area contributed by atoms with Crippen LogP contribution in [0.2, 0.25) is 0 Å². The van der Waals surface area contributed by atoms with E-state index in [1.165, 1.54) is 30.3 Å². The highest BCUT2D eigenvalue weighted by atomic mass is 31.1. The Kier molecular flexibility index (Phi) is 4.23. The fourth-order valence-corrected chi connectivity index (χ4v) is 1.41. The zero-order valence-corrected chi connectivity index (χ0v) is 8.47. The summed E-state index contributed by atoms with van der Waals surface area (Å²) in [5, 5.41) is 8.96. The Morgan fingerprint density at radius 3 is 2.64 bits per heavy atom. The van der Waals surface area contributed by atoms with E-state index in [4.69, 9.17) is 14.2 Å². The maximum absolute atomic E-state index is 11.1. The molecule has 0 aliphatic carbocycles. The van der Waals surface area contributed by atoms with Crippen molar-refractivity contribution in [1.82, 2.24) is 0 Å². The van der Waals surface area contributed by atoms with Crippen molar-refractivity contribution in [3.05, 3.63) is 36.9 Å². The largest absolute Gasteiger partial charge is 0.508 e. The van der Waals surface area contributed by atoms with Gasteiger partial charge in [0, 0.05) is 0 Å². The van der Waals surface area contributed by atoms with Gasteiger partial charge in [0.25, 0.3) is 0 Å². The molecule has 1 unspecified atom stereocenters. The molecule has 1 aromatic carbocycles. The third-order valence-corrected chi connectivity index (χ3v) is 2.16. The fourth-order valence-electron chi connectivity index (χ4n) is 0.767. The molecule has 0 fully saturated rings. The van der Waals surface area contributed by atoms with Gasteiger partial charge in [-0.25, -0.2) is 4.57 Å². The van der Waals surface area contributed by atoms with Gasteiger partial charge in [-0.3, -0.25) is 4.52 Å². The zero-order chi connectivity index (χ0) is 10.4. The molecule has 14 heavy (non-hydrogen) atoms. The highest BCUT2D eigenvalue weighted by Gasteiger charge is 2.00. The first-order chi connectivity index (χ1) is 6.72. The van der Waals surface area contributed by atoms with Crippen LogP contribution in [0.5, 0.6) is 11.5 Å². The van der Waals surface area contributed by atoms with Crippen LogP contribution in [0.4, 0.5) is 0 Å². The number of hydrogen-bond donors (Lipinski definition) is 1. The Morgan fingerprint density at radius 1 is 1.43 bits per heavy atom. The van der Waals surface area contributed by atoms with Crippen molar-refractivity contribution in [2.24, 2.45) is 0 Å². The van der Waals surface area contributed by atoms with Crippen LogP contribution in [-0.4, -0.2) is 11.7 Å². The number of phenols is 1. The second-order valence-corrected chi connectivity index (χ2v) is 3.44. The molecule has 0 saturated heterocycles. The maximum atomic E-state index is 11.1. The van der Waals surface area contributed by atoms with E-state index in [9.17, 15) is 4.57 Å². The molecular formula is C9H11O4P. The van der Waals surface area contributed by atoms with Crippen LogP contribution in [0.3, 0.4) is 0 Å². The molecule has 0 aliphatic rings. The molecule has 76 valence electrons. The molecule has 4 nitrogen and oxygen atoms in total. The van der Waals surface area contributed by atoms with Gasteiger partial charge >= 0.3 is 8.25 Å². The van der Waals surface area contributed by atoms with Gasteiger partial charge in [-0.15, -0.1) is 6.58 Å². The number of aromatic hydroxyl groups is 1. The van der Waals surface area contributed by atoms with Crippen molar-refractivity contribution in [2.45, 2.75) is 0 Å². The van der Waals surface area contributed by atoms with E-state index in [1.807, 2.05) is 0 Å². The average molecular weight is 214 g/mol. The van der Waals surface area contributed by atoms with Gasteiger partial charge in [-0.1, -0.05) is 6.08 Å². The molecule has 0 bridgehead atoms. The number of rotatable bonds is 5. The van der Waals surface area contributed by atoms with Crippen LogP contribution < -0.4 is 4.52 Å². The third-order valence-electron chi connectivity index (χ3n) is 1.36. The minimum absolute atomic E-state index is 0.129. The van der Waals surface area contributed by atoms with Gasteiger partial charge in [0.15, 0.2) is 0 Å². The van der Waals surface area contributed by atoms with Crippen LogP contribution >= 0.6 is 8.25 Å². The SMILES string of the molecule is C=CCO[PH](=O)Oc1ccc(O)cc1. The van der Waals surface area contributed by atoms with Gasteiger partial charge in [-0.2, -0.15) is 0 Å². The molecule has 0 radical (unpaired) electrons. The molecule has 1 atom stereocenters. The summed E-state index contributed by atoms with van der Waals surface area (Å²) in [5.41, 5.74) is 0. The van der Waals surface area contributed by atoms with Crippen molar-refractivity contribution in [1.29, 1.82) is 0 Å². The van der Waals surface area contributed by atoms with Crippen LogP contribution in [-0.2, 0) is 9.09 Å². The molecule has 0 spiro atoms. The lowest BCUT2D eigenvalue weighted by Crippen LogP contribution is -1.86. The first-order valence-electron chi connectivity index (χ1n) is 3.97. The Bertz CT molecular complexity index is 320. The minimum atomic E-state index is -2.52. The summed E-state index contributed by atoms with van der Waals surface area (Å²) in [7, 11) is -2.52. The molecule has 5 heteroatoms. The summed E-state index contributed by atoms with van der Waals surface area (Å²) in [6.07, 6.45) is 1.49. The predicted molar refractivity (Wildman–Crippen MR) is 53.9 cm³/mol. The lowest BCUT2D eigenvalue weighted by molar-refractivity contribution is 0.317. The summed E-state index contributed by atoms with van der Waals surface area (Å²) in [6, 6.07) is 5.90. The zero-order valence-electron chi connectivity index (χ0n) is 7.47. The van der Waals surface area contributed by atoms with E-state index < -0.39 is 8.25 Å². The predicted octanol–water partition coefficient (Wildman–Crippen LogP) is 2.36. The van der Waals surface area contributed by atoms with Crippen LogP contribution in [0, 0.1) is 0 Å². The Morgan fingerprint density at radius 2 is 2.07 bits per heavy atom. The van der Waals surface area contributed by atoms with Gasteiger partial charge < -0.3 is 9.63 Å². The standard InChI is InChI=1S/C9H11O4P/c1-2-7-12-14(11)13-9-5-3-8(10)4-6-9/h2-6,10,14H,1,7H2. The Labute approximate surface area is 82.7 Å². The van der Waals surface area contributed by atoms with Gasteiger partial charge in [0.1, 0.15) is 11.5 Å². The molecule has 0 saturated carbocycles. The van der Waals surface area contributed by atoms with Crippen LogP contribution in [0.1, 0.15) is 0 Å². The number of phenolic OH excluding ortho intramolecular Hbond substituents is 1. The number of hydrogen-bond acceptors (Lipinski definition) is 4. The van der Waals surface area contributed by atoms with Crippen molar-refractivity contribution in [3.8, 4) is 11.5 Å². The molecule has 1 rings (SSSR count). The van der Waals surface area contributed by atoms with Crippen LogP contribution in [0.25, 0.3) is 0 Å². The lowest BCUT2D eigenvalue weighted by atomic mass is 10.3. The maximum Gasteiger partial charge on any atom is 0.368 e. The summed E-state index contributed by atoms with van der Waals surface area (Å²) in [6.45, 7) is 3.61. The second-order valence-electron chi connectivity index (χ2n) is 2.45. The first kappa shape index (κ1) is 10.8. The van der Waals surface area contributed by atoms with Crippen LogP contribution in [0.15, 0.2) is 36.9 Å². The van der Waals surface area contributed by atoms with Crippen molar-refractivity contribution in [3.63, 3.8) is 0 Å². The Balaban J connectivity index is 2.47. The highest BCUT2D eigenvalue weighted by Crippen LogP contribution is 2.28. The summed E-state index contributed by atoms with van der Waals surface area (Å²) in [5.74, 6) is 0.528. The third kappa shape index (κ3) is 3.64. The number of benzene rings is 1. The minimum Gasteiger partial charge on any atom is -0.508 e. The smallest absolute Gasteiger partial charge is 0.368 e. The van der Waals surface area contributed by atoms with Gasteiger partial charge in [-0.05, 0) is 24.3 Å². The summed E-state index contributed by atoms with van der Waals surface area (Å²) in [4.78, 5) is 0. The summed E-state index contributed by atoms with van der Waals surface area (Å²) >= 11 is 0. The summed E-state index contributed by atoms with van der Waals surface area (Å²) < 4.78 is 20.8. The fraction of sp³-hybridized carbons (Fsp3) is 0.111. The van der Waals surface area contributed by atoms with Gasteiger partial charge in [0.05, 0.1) is 6.61 Å². The quantitative estimate of drug-likeness (QED) is 0.603. The first-order valence-corrected chi connectivity index (χ1v) is 5.19. The lowest BCUT2D eigenvalue weighted by Gasteiger charge is -2.04. The second kappa shape index (κ2) is 5.47. The molecule has 0 heterocycles. The van der Waals surface area contributed by atoms with E-state index >= 15 is 0 Å². The molecule has 0 aliphatic heterocycles. The van der Waals surface area contributed by atoms with E-state index in [1.54, 1.807) is 0 Å². The van der Waals surface area contributed by atoms with E-state index in [0.717, 1.165) is 0 Å².